The predicted octanol–water partition coefficient (Wildman–Crippen LogP) is 3.51. The highest BCUT2D eigenvalue weighted by atomic mass is 32.2. The molecule has 1 saturated carbocycles. The molecule has 1 aliphatic carbocycles. The Hall–Kier alpha value is -0.510. The van der Waals surface area contributed by atoms with Crippen LogP contribution in [0.4, 0.5) is 0 Å². The van der Waals surface area contributed by atoms with Gasteiger partial charge in [-0.15, -0.1) is 11.8 Å². The zero-order valence-corrected chi connectivity index (χ0v) is 12.3. The molecule has 1 heterocycles. The fourth-order valence-corrected chi connectivity index (χ4v) is 4.95. The summed E-state index contributed by atoms with van der Waals surface area (Å²) in [5, 5.41) is 0.615. The molecular formula is C16H24N2S. The van der Waals surface area contributed by atoms with Crippen LogP contribution in [0, 0.1) is 5.92 Å². The lowest BCUT2D eigenvalue weighted by Gasteiger charge is -2.29. The SMILES string of the molecule is NNC(CC1CCCCC1)C1Cc2ccccc2S1. The van der Waals surface area contributed by atoms with E-state index in [9.17, 15) is 0 Å². The second-order valence-electron chi connectivity index (χ2n) is 5.98. The molecule has 19 heavy (non-hydrogen) atoms. The van der Waals surface area contributed by atoms with Gasteiger partial charge in [0.25, 0.3) is 0 Å². The molecule has 3 N–H and O–H groups in total. The molecule has 2 nitrogen and oxygen atoms in total. The third-order valence-corrected chi connectivity index (χ3v) is 6.10. The van der Waals surface area contributed by atoms with Gasteiger partial charge in [-0.05, 0) is 30.4 Å². The van der Waals surface area contributed by atoms with Crippen molar-refractivity contribution in [1.82, 2.24) is 5.43 Å². The summed E-state index contributed by atoms with van der Waals surface area (Å²) in [7, 11) is 0. The maximum absolute atomic E-state index is 5.84. The largest absolute Gasteiger partial charge is 0.271 e. The van der Waals surface area contributed by atoms with Crippen LogP contribution < -0.4 is 11.3 Å². The number of nitrogens with one attached hydrogen (secondary N) is 1. The van der Waals surface area contributed by atoms with E-state index >= 15 is 0 Å². The first-order chi connectivity index (χ1) is 9.36. The van der Waals surface area contributed by atoms with Gasteiger partial charge in [0.1, 0.15) is 0 Å². The van der Waals surface area contributed by atoms with Crippen molar-refractivity contribution in [1.29, 1.82) is 0 Å². The Morgan fingerprint density at radius 2 is 2.00 bits per heavy atom. The highest BCUT2D eigenvalue weighted by Gasteiger charge is 2.30. The molecule has 0 aromatic heterocycles. The molecule has 104 valence electrons. The average molecular weight is 276 g/mol. The molecule has 1 aromatic carbocycles. The standard InChI is InChI=1S/C16H24N2S/c17-18-14(10-12-6-2-1-3-7-12)16-11-13-8-4-5-9-15(13)19-16/h4-5,8-9,12,14,16,18H,1-3,6-7,10-11,17H2. The number of nitrogens with two attached hydrogens (primary N) is 1. The van der Waals surface area contributed by atoms with Gasteiger partial charge in [-0.25, -0.2) is 0 Å². The highest BCUT2D eigenvalue weighted by molar-refractivity contribution is 8.00. The molecule has 3 heteroatoms. The maximum atomic E-state index is 5.84. The maximum Gasteiger partial charge on any atom is 0.0338 e. The molecule has 2 aliphatic rings. The van der Waals surface area contributed by atoms with Gasteiger partial charge in [-0.2, -0.15) is 0 Å². The summed E-state index contributed by atoms with van der Waals surface area (Å²) in [6, 6.07) is 9.25. The van der Waals surface area contributed by atoms with Crippen LogP contribution in [0.5, 0.6) is 0 Å². The van der Waals surface area contributed by atoms with Gasteiger partial charge < -0.3 is 0 Å². The van der Waals surface area contributed by atoms with E-state index in [0.29, 0.717) is 11.3 Å². The van der Waals surface area contributed by atoms with Gasteiger partial charge in [-0.1, -0.05) is 50.3 Å². The minimum atomic E-state index is 0.459. The molecule has 3 rings (SSSR count). The number of thioether (sulfide) groups is 1. The van der Waals surface area contributed by atoms with Gasteiger partial charge in [0.2, 0.25) is 0 Å². The smallest absolute Gasteiger partial charge is 0.0338 e. The highest BCUT2D eigenvalue weighted by Crippen LogP contribution is 2.40. The quantitative estimate of drug-likeness (QED) is 0.653. The molecule has 1 aromatic rings. The van der Waals surface area contributed by atoms with E-state index in [4.69, 9.17) is 5.84 Å². The Balaban J connectivity index is 1.61. The number of hydrogen-bond acceptors (Lipinski definition) is 3. The minimum absolute atomic E-state index is 0.459. The Bertz CT molecular complexity index is 390. The summed E-state index contributed by atoms with van der Waals surface area (Å²) in [4.78, 5) is 1.45. The van der Waals surface area contributed by atoms with Crippen LogP contribution in [0.2, 0.25) is 0 Å². The van der Waals surface area contributed by atoms with E-state index in [-0.39, 0.29) is 0 Å². The van der Waals surface area contributed by atoms with Crippen molar-refractivity contribution in [3.63, 3.8) is 0 Å². The zero-order chi connectivity index (χ0) is 13.1. The van der Waals surface area contributed by atoms with E-state index in [1.165, 1.54) is 55.4 Å². The Morgan fingerprint density at radius 3 is 2.74 bits per heavy atom. The monoisotopic (exact) mass is 276 g/mol. The third kappa shape index (κ3) is 3.15. The minimum Gasteiger partial charge on any atom is -0.271 e. The summed E-state index contributed by atoms with van der Waals surface area (Å²) in [5.74, 6) is 6.73. The molecule has 2 unspecified atom stereocenters. The number of benzene rings is 1. The van der Waals surface area contributed by atoms with Crippen LogP contribution in [-0.2, 0) is 6.42 Å². The third-order valence-electron chi connectivity index (χ3n) is 4.65. The summed E-state index contributed by atoms with van der Waals surface area (Å²) in [6.45, 7) is 0. The topological polar surface area (TPSA) is 38.0 Å². The number of hydrazine groups is 1. The van der Waals surface area contributed by atoms with Gasteiger partial charge in [0.05, 0.1) is 0 Å². The van der Waals surface area contributed by atoms with Crippen molar-refractivity contribution in [2.45, 2.75) is 61.1 Å². The fraction of sp³-hybridized carbons (Fsp3) is 0.625. The molecule has 0 spiro atoms. The first-order valence-electron chi connectivity index (χ1n) is 7.57. The Morgan fingerprint density at radius 1 is 1.21 bits per heavy atom. The molecule has 1 fully saturated rings. The van der Waals surface area contributed by atoms with E-state index in [1.807, 2.05) is 11.8 Å². The number of hydrogen-bond donors (Lipinski definition) is 2. The molecule has 1 aliphatic heterocycles. The second kappa shape index (κ2) is 6.29. The molecule has 0 saturated heterocycles. The van der Waals surface area contributed by atoms with Crippen LogP contribution in [0.15, 0.2) is 29.2 Å². The summed E-state index contributed by atoms with van der Waals surface area (Å²) >= 11 is 2.01. The lowest BCUT2D eigenvalue weighted by Crippen LogP contribution is -2.44. The van der Waals surface area contributed by atoms with E-state index in [0.717, 1.165) is 5.92 Å². The van der Waals surface area contributed by atoms with Gasteiger partial charge in [0.15, 0.2) is 0 Å². The average Bonchev–Trinajstić information content (AvgIpc) is 2.89. The number of rotatable bonds is 4. The molecule has 2 atom stereocenters. The Kier molecular flexibility index (Phi) is 4.46. The fourth-order valence-electron chi connectivity index (χ4n) is 3.54. The summed E-state index contributed by atoms with van der Waals surface area (Å²) in [5.41, 5.74) is 4.61. The van der Waals surface area contributed by atoms with Gasteiger partial charge >= 0.3 is 0 Å². The number of fused-ring (bicyclic) bond motifs is 1. The van der Waals surface area contributed by atoms with Gasteiger partial charge in [0, 0.05) is 16.2 Å². The van der Waals surface area contributed by atoms with E-state index < -0.39 is 0 Å². The van der Waals surface area contributed by atoms with Crippen molar-refractivity contribution < 1.29 is 0 Å². The van der Waals surface area contributed by atoms with Crippen molar-refractivity contribution in [2.75, 3.05) is 0 Å². The lowest BCUT2D eigenvalue weighted by atomic mass is 9.84. The van der Waals surface area contributed by atoms with Crippen LogP contribution in [0.1, 0.15) is 44.1 Å². The van der Waals surface area contributed by atoms with E-state index in [2.05, 4.69) is 29.7 Å². The van der Waals surface area contributed by atoms with Crippen LogP contribution in [0.25, 0.3) is 0 Å². The van der Waals surface area contributed by atoms with Crippen LogP contribution in [0.3, 0.4) is 0 Å². The van der Waals surface area contributed by atoms with Crippen molar-refractivity contribution in [2.24, 2.45) is 11.8 Å². The van der Waals surface area contributed by atoms with Crippen molar-refractivity contribution in [3.8, 4) is 0 Å². The molecular weight excluding hydrogens is 252 g/mol. The molecule has 0 bridgehead atoms. The van der Waals surface area contributed by atoms with Crippen molar-refractivity contribution >= 4 is 11.8 Å². The summed E-state index contributed by atoms with van der Waals surface area (Å²) in [6.07, 6.45) is 9.50. The van der Waals surface area contributed by atoms with Gasteiger partial charge in [-0.3, -0.25) is 11.3 Å². The first-order valence-corrected chi connectivity index (χ1v) is 8.45. The second-order valence-corrected chi connectivity index (χ2v) is 7.26. The van der Waals surface area contributed by atoms with Crippen molar-refractivity contribution in [3.05, 3.63) is 29.8 Å². The molecule has 0 radical (unpaired) electrons. The van der Waals surface area contributed by atoms with Crippen LogP contribution >= 0.6 is 11.8 Å². The lowest BCUT2D eigenvalue weighted by molar-refractivity contribution is 0.295. The van der Waals surface area contributed by atoms with E-state index in [1.54, 1.807) is 0 Å². The summed E-state index contributed by atoms with van der Waals surface area (Å²) < 4.78 is 0. The normalized spacial score (nSPS) is 25.2. The Labute approximate surface area is 120 Å². The first kappa shape index (κ1) is 13.5. The zero-order valence-electron chi connectivity index (χ0n) is 11.5. The molecule has 0 amide bonds. The predicted molar refractivity (Wildman–Crippen MR) is 82.1 cm³/mol. The van der Waals surface area contributed by atoms with Crippen LogP contribution in [-0.4, -0.2) is 11.3 Å².